The maximum atomic E-state index is 10.6. The quantitative estimate of drug-likeness (QED) is 0.509. The highest BCUT2D eigenvalue weighted by Gasteiger charge is 2.07. The van der Waals surface area contributed by atoms with Crippen LogP contribution in [0, 0.1) is 10.1 Å². The number of benzene rings is 1. The number of carbonyl (C=O) groups excluding carboxylic acids is 1. The molecule has 0 fully saturated rings. The smallest absolute Gasteiger partial charge is 0.269 e. The SMILES string of the molecule is NC(=O)CSc1ccc(-c2ccc([N+](=O)[O-])cc2)nn1. The molecule has 1 amide bonds. The average Bonchev–Trinajstić information content (AvgIpc) is 2.46. The first-order valence-electron chi connectivity index (χ1n) is 5.56. The number of thioether (sulfide) groups is 1. The van der Waals surface area contributed by atoms with Crippen LogP contribution in [0.4, 0.5) is 5.69 Å². The van der Waals surface area contributed by atoms with Crippen molar-refractivity contribution in [2.24, 2.45) is 5.73 Å². The topological polar surface area (TPSA) is 112 Å². The van der Waals surface area contributed by atoms with Gasteiger partial charge in [-0.05, 0) is 24.3 Å². The Morgan fingerprint density at radius 2 is 1.90 bits per heavy atom. The number of non-ortho nitro benzene ring substituents is 1. The van der Waals surface area contributed by atoms with Gasteiger partial charge in [0.1, 0.15) is 5.03 Å². The van der Waals surface area contributed by atoms with E-state index in [1.54, 1.807) is 24.3 Å². The summed E-state index contributed by atoms with van der Waals surface area (Å²) in [5.41, 5.74) is 6.39. The summed E-state index contributed by atoms with van der Waals surface area (Å²) >= 11 is 1.20. The zero-order valence-electron chi connectivity index (χ0n) is 10.2. The van der Waals surface area contributed by atoms with Crippen molar-refractivity contribution in [3.05, 3.63) is 46.5 Å². The predicted molar refractivity (Wildman–Crippen MR) is 74.0 cm³/mol. The van der Waals surface area contributed by atoms with Crippen LogP contribution in [0.5, 0.6) is 0 Å². The van der Waals surface area contributed by atoms with E-state index in [1.165, 1.54) is 23.9 Å². The first kappa shape index (κ1) is 13.9. The molecule has 1 heterocycles. The van der Waals surface area contributed by atoms with Gasteiger partial charge in [-0.1, -0.05) is 11.8 Å². The van der Waals surface area contributed by atoms with Crippen LogP contribution in [0.25, 0.3) is 11.3 Å². The second-order valence-corrected chi connectivity index (χ2v) is 4.81. The van der Waals surface area contributed by atoms with Gasteiger partial charge >= 0.3 is 0 Å². The lowest BCUT2D eigenvalue weighted by Crippen LogP contribution is -2.13. The van der Waals surface area contributed by atoms with Gasteiger partial charge in [-0.2, -0.15) is 0 Å². The van der Waals surface area contributed by atoms with E-state index in [0.29, 0.717) is 10.7 Å². The Bertz CT molecular complexity index is 628. The lowest BCUT2D eigenvalue weighted by Gasteiger charge is -2.01. The fourth-order valence-corrected chi connectivity index (χ4v) is 2.00. The molecule has 7 nitrogen and oxygen atoms in total. The number of carbonyl (C=O) groups is 1. The molecule has 0 aliphatic rings. The number of amides is 1. The van der Waals surface area contributed by atoms with Gasteiger partial charge in [-0.15, -0.1) is 10.2 Å². The lowest BCUT2D eigenvalue weighted by atomic mass is 10.1. The van der Waals surface area contributed by atoms with E-state index in [-0.39, 0.29) is 11.4 Å². The summed E-state index contributed by atoms with van der Waals surface area (Å²) in [6, 6.07) is 9.49. The first-order valence-corrected chi connectivity index (χ1v) is 6.54. The molecule has 0 aliphatic heterocycles. The molecule has 0 atom stereocenters. The van der Waals surface area contributed by atoms with E-state index in [2.05, 4.69) is 10.2 Å². The molecule has 1 aromatic heterocycles. The van der Waals surface area contributed by atoms with Gasteiger partial charge in [-0.25, -0.2) is 0 Å². The van der Waals surface area contributed by atoms with Gasteiger partial charge in [0.05, 0.1) is 16.4 Å². The molecule has 0 radical (unpaired) electrons. The number of nitrogens with two attached hydrogens (primary N) is 1. The highest BCUT2D eigenvalue weighted by atomic mass is 32.2. The average molecular weight is 290 g/mol. The van der Waals surface area contributed by atoms with Crippen molar-refractivity contribution in [1.82, 2.24) is 10.2 Å². The van der Waals surface area contributed by atoms with Crippen molar-refractivity contribution in [2.45, 2.75) is 5.03 Å². The van der Waals surface area contributed by atoms with Gasteiger partial charge in [0.25, 0.3) is 5.69 Å². The number of nitro benzene ring substituents is 1. The molecule has 20 heavy (non-hydrogen) atoms. The molecular weight excluding hydrogens is 280 g/mol. The maximum Gasteiger partial charge on any atom is 0.269 e. The summed E-state index contributed by atoms with van der Waals surface area (Å²) in [4.78, 5) is 20.7. The zero-order valence-corrected chi connectivity index (χ0v) is 11.0. The second-order valence-electron chi connectivity index (χ2n) is 3.82. The standard InChI is InChI=1S/C12H10N4O3S/c13-11(17)7-20-12-6-5-10(14-15-12)8-1-3-9(4-2-8)16(18)19/h1-6H,7H2,(H2,13,17). The Kier molecular flexibility index (Phi) is 4.26. The summed E-state index contributed by atoms with van der Waals surface area (Å²) in [6.45, 7) is 0. The van der Waals surface area contributed by atoms with Gasteiger partial charge in [0.2, 0.25) is 5.91 Å². The van der Waals surface area contributed by atoms with Crippen LogP contribution < -0.4 is 5.73 Å². The van der Waals surface area contributed by atoms with Crippen LogP contribution in [0.3, 0.4) is 0 Å². The molecule has 102 valence electrons. The third-order valence-corrected chi connectivity index (χ3v) is 3.32. The van der Waals surface area contributed by atoms with Crippen LogP contribution in [-0.2, 0) is 4.79 Å². The Labute approximate surface area is 118 Å². The van der Waals surface area contributed by atoms with E-state index in [1.807, 2.05) is 0 Å². The summed E-state index contributed by atoms with van der Waals surface area (Å²) in [7, 11) is 0. The van der Waals surface area contributed by atoms with E-state index in [9.17, 15) is 14.9 Å². The summed E-state index contributed by atoms with van der Waals surface area (Å²) in [5, 5.41) is 19.1. The predicted octanol–water partition coefficient (Wildman–Crippen LogP) is 1.63. The zero-order chi connectivity index (χ0) is 14.5. The number of nitro groups is 1. The highest BCUT2D eigenvalue weighted by Crippen LogP contribution is 2.22. The molecular formula is C12H10N4O3S. The molecule has 8 heteroatoms. The van der Waals surface area contributed by atoms with Gasteiger partial charge in [0, 0.05) is 17.7 Å². The first-order chi connectivity index (χ1) is 9.56. The van der Waals surface area contributed by atoms with Gasteiger partial charge in [-0.3, -0.25) is 14.9 Å². The summed E-state index contributed by atoms with van der Waals surface area (Å²) in [6.07, 6.45) is 0. The molecule has 2 rings (SSSR count). The maximum absolute atomic E-state index is 10.6. The van der Waals surface area contributed by atoms with E-state index in [0.717, 1.165) is 5.56 Å². The summed E-state index contributed by atoms with van der Waals surface area (Å²) in [5.74, 6) is -0.276. The van der Waals surface area contributed by atoms with E-state index >= 15 is 0 Å². The van der Waals surface area contributed by atoms with Gasteiger partial charge < -0.3 is 5.73 Å². The minimum atomic E-state index is -0.459. The third-order valence-electron chi connectivity index (χ3n) is 2.38. The lowest BCUT2D eigenvalue weighted by molar-refractivity contribution is -0.384. The van der Waals surface area contributed by atoms with E-state index < -0.39 is 10.8 Å². The molecule has 1 aromatic carbocycles. The van der Waals surface area contributed by atoms with Crippen LogP contribution in [0.1, 0.15) is 0 Å². The fraction of sp³-hybridized carbons (Fsp3) is 0.0833. The molecule has 0 unspecified atom stereocenters. The molecule has 0 bridgehead atoms. The largest absolute Gasteiger partial charge is 0.369 e. The normalized spacial score (nSPS) is 10.2. The Hall–Kier alpha value is -2.48. The number of aromatic nitrogens is 2. The molecule has 2 N–H and O–H groups in total. The van der Waals surface area contributed by atoms with Gasteiger partial charge in [0.15, 0.2) is 0 Å². The van der Waals surface area contributed by atoms with Crippen molar-refractivity contribution < 1.29 is 9.72 Å². The molecule has 0 spiro atoms. The van der Waals surface area contributed by atoms with Crippen LogP contribution >= 0.6 is 11.8 Å². The second kappa shape index (κ2) is 6.11. The van der Waals surface area contributed by atoms with Crippen molar-refractivity contribution in [3.63, 3.8) is 0 Å². The minimum Gasteiger partial charge on any atom is -0.369 e. The molecule has 0 aliphatic carbocycles. The minimum absolute atomic E-state index is 0.0235. The van der Waals surface area contributed by atoms with Crippen LogP contribution in [0.2, 0.25) is 0 Å². The number of primary amides is 1. The Morgan fingerprint density at radius 3 is 2.40 bits per heavy atom. The molecule has 2 aromatic rings. The number of hydrogen-bond donors (Lipinski definition) is 1. The van der Waals surface area contributed by atoms with Crippen molar-refractivity contribution >= 4 is 23.4 Å². The molecule has 0 saturated heterocycles. The van der Waals surface area contributed by atoms with Crippen LogP contribution in [-0.4, -0.2) is 26.8 Å². The number of rotatable bonds is 5. The third kappa shape index (κ3) is 3.51. The van der Waals surface area contributed by atoms with Crippen molar-refractivity contribution in [1.29, 1.82) is 0 Å². The molecule has 0 saturated carbocycles. The van der Waals surface area contributed by atoms with Crippen molar-refractivity contribution in [2.75, 3.05) is 5.75 Å². The Morgan fingerprint density at radius 1 is 1.20 bits per heavy atom. The van der Waals surface area contributed by atoms with Crippen LogP contribution in [0.15, 0.2) is 41.4 Å². The summed E-state index contributed by atoms with van der Waals surface area (Å²) < 4.78 is 0. The number of nitrogens with zero attached hydrogens (tertiary/aromatic N) is 3. The number of hydrogen-bond acceptors (Lipinski definition) is 6. The van der Waals surface area contributed by atoms with E-state index in [4.69, 9.17) is 5.73 Å². The monoisotopic (exact) mass is 290 g/mol. The van der Waals surface area contributed by atoms with Crippen molar-refractivity contribution in [3.8, 4) is 11.3 Å². The highest BCUT2D eigenvalue weighted by molar-refractivity contribution is 7.99. The Balaban J connectivity index is 2.13. The fourth-order valence-electron chi connectivity index (χ4n) is 1.45.